The summed E-state index contributed by atoms with van der Waals surface area (Å²) in [4.78, 5) is 0. The molecule has 0 unspecified atom stereocenters. The molecule has 0 saturated carbocycles. The van der Waals surface area contributed by atoms with E-state index in [4.69, 9.17) is 0 Å². The normalized spacial score (nSPS) is 10.5. The monoisotopic (exact) mass is 310 g/mol. The largest absolute Gasteiger partial charge is 0.508 e. The van der Waals surface area contributed by atoms with Gasteiger partial charge in [0, 0.05) is 11.5 Å². The molecular formula is C14H14O2S3. The summed E-state index contributed by atoms with van der Waals surface area (Å²) in [5.41, 5.74) is 2.24. The Morgan fingerprint density at radius 1 is 0.737 bits per heavy atom. The molecule has 0 radical (unpaired) electrons. The van der Waals surface area contributed by atoms with Crippen LogP contribution in [-0.4, -0.2) is 10.2 Å². The van der Waals surface area contributed by atoms with E-state index in [1.54, 1.807) is 55.7 Å². The summed E-state index contributed by atoms with van der Waals surface area (Å²) in [7, 11) is 5.21. The summed E-state index contributed by atoms with van der Waals surface area (Å²) in [5.74, 6) is 2.36. The first kappa shape index (κ1) is 14.5. The predicted molar refractivity (Wildman–Crippen MR) is 86.4 cm³/mol. The first-order valence-electron chi connectivity index (χ1n) is 5.71. The van der Waals surface area contributed by atoms with Crippen LogP contribution in [0.5, 0.6) is 11.5 Å². The van der Waals surface area contributed by atoms with E-state index in [1.807, 2.05) is 24.3 Å². The van der Waals surface area contributed by atoms with Crippen molar-refractivity contribution >= 4 is 31.4 Å². The zero-order valence-corrected chi connectivity index (χ0v) is 12.6. The number of rotatable bonds is 6. The van der Waals surface area contributed by atoms with Gasteiger partial charge in [0.25, 0.3) is 0 Å². The number of benzene rings is 2. The zero-order valence-electron chi connectivity index (χ0n) is 10.2. The van der Waals surface area contributed by atoms with Crippen LogP contribution >= 0.6 is 31.4 Å². The fraction of sp³-hybridized carbons (Fsp3) is 0.143. The number of hydrogen-bond donors (Lipinski definition) is 2. The summed E-state index contributed by atoms with van der Waals surface area (Å²) >= 11 is 0. The maximum absolute atomic E-state index is 9.35. The van der Waals surface area contributed by atoms with Gasteiger partial charge in [0.1, 0.15) is 11.5 Å². The van der Waals surface area contributed by atoms with Crippen LogP contribution in [0.4, 0.5) is 0 Å². The smallest absolute Gasteiger partial charge is 0.115 e. The van der Waals surface area contributed by atoms with Gasteiger partial charge in [-0.05, 0) is 45.2 Å². The molecule has 0 fully saturated rings. The van der Waals surface area contributed by atoms with Gasteiger partial charge in [0.2, 0.25) is 0 Å². The predicted octanol–water partition coefficient (Wildman–Crippen LogP) is 4.83. The Bertz CT molecular complexity index is 484. The molecule has 0 heterocycles. The number of phenolic OH excluding ortho intramolecular Hbond substituents is 2. The molecule has 0 aromatic heterocycles. The SMILES string of the molecule is Oc1cccc(CSSSCc2cccc(O)c2)c1. The molecule has 0 saturated heterocycles. The van der Waals surface area contributed by atoms with E-state index in [0.717, 1.165) is 22.6 Å². The van der Waals surface area contributed by atoms with Crippen LogP contribution in [0.2, 0.25) is 0 Å². The van der Waals surface area contributed by atoms with Crippen molar-refractivity contribution in [3.8, 4) is 11.5 Å². The van der Waals surface area contributed by atoms with Gasteiger partial charge in [0.15, 0.2) is 0 Å². The van der Waals surface area contributed by atoms with E-state index in [2.05, 4.69) is 0 Å². The van der Waals surface area contributed by atoms with Crippen LogP contribution in [0.3, 0.4) is 0 Å². The number of phenols is 2. The second-order valence-electron chi connectivity index (χ2n) is 3.93. The molecule has 2 aromatic carbocycles. The van der Waals surface area contributed by atoms with Crippen LogP contribution in [0.1, 0.15) is 11.1 Å². The summed E-state index contributed by atoms with van der Waals surface area (Å²) in [6.45, 7) is 0. The second kappa shape index (κ2) is 7.62. The Balaban J connectivity index is 1.67. The van der Waals surface area contributed by atoms with Crippen molar-refractivity contribution in [2.24, 2.45) is 0 Å². The van der Waals surface area contributed by atoms with Crippen molar-refractivity contribution in [2.75, 3.05) is 0 Å². The maximum atomic E-state index is 9.35. The van der Waals surface area contributed by atoms with E-state index in [0.29, 0.717) is 11.5 Å². The topological polar surface area (TPSA) is 40.5 Å². The first-order chi connectivity index (χ1) is 9.24. The van der Waals surface area contributed by atoms with Gasteiger partial charge in [-0.15, -0.1) is 0 Å². The van der Waals surface area contributed by atoms with Crippen LogP contribution in [-0.2, 0) is 11.5 Å². The highest BCUT2D eigenvalue weighted by Gasteiger charge is 1.98. The van der Waals surface area contributed by atoms with Crippen molar-refractivity contribution < 1.29 is 10.2 Å². The molecule has 0 amide bonds. The third-order valence-electron chi connectivity index (χ3n) is 2.37. The first-order valence-corrected chi connectivity index (χ1v) is 9.53. The lowest BCUT2D eigenvalue weighted by Gasteiger charge is -2.03. The van der Waals surface area contributed by atoms with Crippen molar-refractivity contribution in [1.29, 1.82) is 0 Å². The van der Waals surface area contributed by atoms with E-state index in [-0.39, 0.29) is 0 Å². The quantitative estimate of drug-likeness (QED) is 0.591. The minimum absolute atomic E-state index is 0.315. The Hall–Kier alpha value is -0.910. The third-order valence-corrected chi connectivity index (χ3v) is 6.48. The van der Waals surface area contributed by atoms with Gasteiger partial charge in [-0.25, -0.2) is 0 Å². The van der Waals surface area contributed by atoms with Crippen molar-refractivity contribution in [1.82, 2.24) is 0 Å². The molecule has 100 valence electrons. The average Bonchev–Trinajstić information content (AvgIpc) is 2.38. The van der Waals surface area contributed by atoms with Crippen LogP contribution in [0, 0.1) is 0 Å². The molecule has 0 aliphatic heterocycles. The minimum Gasteiger partial charge on any atom is -0.508 e. The van der Waals surface area contributed by atoms with E-state index in [1.165, 1.54) is 0 Å². The molecular weight excluding hydrogens is 296 g/mol. The molecule has 19 heavy (non-hydrogen) atoms. The Kier molecular flexibility index (Phi) is 5.82. The molecule has 2 N–H and O–H groups in total. The Morgan fingerprint density at radius 3 is 1.63 bits per heavy atom. The van der Waals surface area contributed by atoms with Gasteiger partial charge in [-0.3, -0.25) is 0 Å². The highest BCUT2D eigenvalue weighted by Crippen LogP contribution is 2.39. The minimum atomic E-state index is 0.315. The highest BCUT2D eigenvalue weighted by molar-refractivity contribution is 9.09. The van der Waals surface area contributed by atoms with Gasteiger partial charge in [-0.2, -0.15) is 0 Å². The van der Waals surface area contributed by atoms with Crippen LogP contribution in [0.25, 0.3) is 0 Å². The molecule has 2 nitrogen and oxygen atoms in total. The summed E-state index contributed by atoms with van der Waals surface area (Å²) < 4.78 is 0. The molecule has 0 aliphatic carbocycles. The van der Waals surface area contributed by atoms with E-state index >= 15 is 0 Å². The third kappa shape index (κ3) is 5.30. The Morgan fingerprint density at radius 2 is 1.21 bits per heavy atom. The van der Waals surface area contributed by atoms with Gasteiger partial charge < -0.3 is 10.2 Å². The lowest BCUT2D eigenvalue weighted by molar-refractivity contribution is 0.474. The van der Waals surface area contributed by atoms with Crippen LogP contribution < -0.4 is 0 Å². The van der Waals surface area contributed by atoms with Crippen LogP contribution in [0.15, 0.2) is 48.5 Å². The maximum Gasteiger partial charge on any atom is 0.115 e. The van der Waals surface area contributed by atoms with E-state index in [9.17, 15) is 10.2 Å². The summed E-state index contributed by atoms with van der Waals surface area (Å²) in [5, 5.41) is 18.7. The molecule has 0 bridgehead atoms. The average molecular weight is 310 g/mol. The molecule has 5 heteroatoms. The fourth-order valence-electron chi connectivity index (χ4n) is 1.51. The molecule has 0 spiro atoms. The molecule has 0 aliphatic rings. The zero-order chi connectivity index (χ0) is 13.5. The standard InChI is InChI=1S/C14H14O2S3/c15-13-5-1-3-11(7-13)9-17-19-18-10-12-4-2-6-14(16)8-12/h1-8,15-16H,9-10H2. The summed E-state index contributed by atoms with van der Waals surface area (Å²) in [6.07, 6.45) is 0. The molecule has 0 atom stereocenters. The van der Waals surface area contributed by atoms with Gasteiger partial charge in [0.05, 0.1) is 0 Å². The number of hydrogen-bond acceptors (Lipinski definition) is 5. The number of aromatic hydroxyl groups is 2. The molecule has 2 aromatic rings. The van der Waals surface area contributed by atoms with Crippen molar-refractivity contribution in [3.05, 3.63) is 59.7 Å². The Labute approximate surface area is 124 Å². The van der Waals surface area contributed by atoms with E-state index < -0.39 is 0 Å². The van der Waals surface area contributed by atoms with Gasteiger partial charge >= 0.3 is 0 Å². The highest BCUT2D eigenvalue weighted by atomic mass is 33.5. The lowest BCUT2D eigenvalue weighted by Crippen LogP contribution is -1.78. The fourth-order valence-corrected chi connectivity index (χ4v) is 5.09. The summed E-state index contributed by atoms with van der Waals surface area (Å²) in [6, 6.07) is 14.7. The van der Waals surface area contributed by atoms with Gasteiger partial charge in [-0.1, -0.05) is 45.9 Å². The molecule has 2 rings (SSSR count). The van der Waals surface area contributed by atoms with Crippen molar-refractivity contribution in [3.63, 3.8) is 0 Å². The second-order valence-corrected chi connectivity index (χ2v) is 8.16. The lowest BCUT2D eigenvalue weighted by atomic mass is 10.2. The van der Waals surface area contributed by atoms with Crippen molar-refractivity contribution in [2.45, 2.75) is 11.5 Å².